The second kappa shape index (κ2) is 4.63. The molecular weight excluding hydrogens is 250 g/mol. The number of hydrogen-bond acceptors (Lipinski definition) is 2. The summed E-state index contributed by atoms with van der Waals surface area (Å²) in [5, 5.41) is 0. The first-order chi connectivity index (χ1) is 9.67. The zero-order valence-corrected chi connectivity index (χ0v) is 11.7. The predicted molar refractivity (Wildman–Crippen MR) is 82.1 cm³/mol. The molecule has 0 spiro atoms. The number of fused-ring (bicyclic) bond motifs is 3. The summed E-state index contributed by atoms with van der Waals surface area (Å²) in [6.07, 6.45) is 2.59. The van der Waals surface area contributed by atoms with E-state index in [2.05, 4.69) is 30.4 Å². The fourth-order valence-corrected chi connectivity index (χ4v) is 2.53. The Hall–Kier alpha value is -2.36. The van der Waals surface area contributed by atoms with Gasteiger partial charge in [0, 0.05) is 5.69 Å². The van der Waals surface area contributed by atoms with Gasteiger partial charge in [0.15, 0.2) is 0 Å². The summed E-state index contributed by atoms with van der Waals surface area (Å²) < 4.78 is 1.62. The van der Waals surface area contributed by atoms with Crippen LogP contribution in [0, 0.1) is 0 Å². The van der Waals surface area contributed by atoms with E-state index in [9.17, 15) is 4.79 Å². The van der Waals surface area contributed by atoms with Gasteiger partial charge in [0.1, 0.15) is 0 Å². The lowest BCUT2D eigenvalue weighted by Gasteiger charge is -2.12. The third-order valence-corrected chi connectivity index (χ3v) is 3.84. The van der Waals surface area contributed by atoms with Crippen LogP contribution in [0.4, 0.5) is 0 Å². The lowest BCUT2D eigenvalue weighted by Crippen LogP contribution is -2.20. The Bertz CT molecular complexity index is 857. The van der Waals surface area contributed by atoms with Crippen LogP contribution in [0.2, 0.25) is 0 Å². The molecule has 0 aliphatic carbocycles. The lowest BCUT2D eigenvalue weighted by atomic mass is 10.0. The van der Waals surface area contributed by atoms with E-state index < -0.39 is 0 Å². The van der Waals surface area contributed by atoms with Gasteiger partial charge in [0.05, 0.1) is 16.6 Å². The van der Waals surface area contributed by atoms with Gasteiger partial charge >= 0.3 is 0 Å². The highest BCUT2D eigenvalue weighted by atomic mass is 16.1. The Kier molecular flexibility index (Phi) is 2.93. The summed E-state index contributed by atoms with van der Waals surface area (Å²) in [4.78, 5) is 20.5. The number of imidazole rings is 1. The van der Waals surface area contributed by atoms with Crippen LogP contribution in [0.5, 0.6) is 0 Å². The van der Waals surface area contributed by atoms with Crippen LogP contribution >= 0.6 is 0 Å². The molecule has 4 nitrogen and oxygen atoms in total. The van der Waals surface area contributed by atoms with E-state index in [1.165, 1.54) is 0 Å². The highest BCUT2D eigenvalue weighted by Gasteiger charge is 2.16. The van der Waals surface area contributed by atoms with Gasteiger partial charge < -0.3 is 4.98 Å². The van der Waals surface area contributed by atoms with Crippen molar-refractivity contribution in [1.82, 2.24) is 14.4 Å². The monoisotopic (exact) mass is 267 g/mol. The molecule has 0 saturated heterocycles. The number of hydrogen-bond donors (Lipinski definition) is 1. The van der Waals surface area contributed by atoms with Crippen molar-refractivity contribution in [2.45, 2.75) is 26.2 Å². The molecule has 0 amide bonds. The standard InChI is InChI=1S/C16H17N3O/c1-4-10(3)14-11(5-2)15(20)19-13-9-7-6-8-12(13)17-16(19)18-14/h5-10H,2,4H2,1,3H3,(H,17,18)/t10-/m0/s1. The number of aromatic amines is 1. The molecule has 0 aliphatic rings. The molecule has 0 aliphatic heterocycles. The zero-order valence-electron chi connectivity index (χ0n) is 11.7. The molecule has 0 radical (unpaired) electrons. The molecule has 1 N–H and O–H groups in total. The maximum absolute atomic E-state index is 12.7. The van der Waals surface area contributed by atoms with E-state index >= 15 is 0 Å². The van der Waals surface area contributed by atoms with Crippen molar-refractivity contribution in [2.75, 3.05) is 0 Å². The van der Waals surface area contributed by atoms with Crippen LogP contribution in [0.1, 0.15) is 37.4 Å². The van der Waals surface area contributed by atoms with Gasteiger partial charge in [-0.25, -0.2) is 9.38 Å². The van der Waals surface area contributed by atoms with Crippen LogP contribution in [0.15, 0.2) is 35.6 Å². The molecule has 3 rings (SSSR count). The van der Waals surface area contributed by atoms with Crippen molar-refractivity contribution >= 4 is 22.9 Å². The molecule has 3 aromatic rings. The van der Waals surface area contributed by atoms with Crippen molar-refractivity contribution < 1.29 is 0 Å². The second-order valence-corrected chi connectivity index (χ2v) is 5.03. The first-order valence-electron chi connectivity index (χ1n) is 6.83. The molecule has 4 heteroatoms. The van der Waals surface area contributed by atoms with Crippen molar-refractivity contribution in [3.05, 3.63) is 52.5 Å². The molecule has 20 heavy (non-hydrogen) atoms. The molecule has 102 valence electrons. The second-order valence-electron chi connectivity index (χ2n) is 5.03. The molecule has 0 fully saturated rings. The van der Waals surface area contributed by atoms with E-state index in [1.54, 1.807) is 10.5 Å². The van der Waals surface area contributed by atoms with E-state index in [1.807, 2.05) is 24.3 Å². The fraction of sp³-hybridized carbons (Fsp3) is 0.250. The van der Waals surface area contributed by atoms with Crippen LogP contribution < -0.4 is 5.56 Å². The molecular formula is C16H17N3O. The number of rotatable bonds is 3. The van der Waals surface area contributed by atoms with Gasteiger partial charge in [0.25, 0.3) is 5.56 Å². The summed E-state index contributed by atoms with van der Waals surface area (Å²) in [5.74, 6) is 0.859. The van der Waals surface area contributed by atoms with Crippen molar-refractivity contribution in [1.29, 1.82) is 0 Å². The minimum absolute atomic E-state index is 0.0576. The Morgan fingerprint density at radius 3 is 2.90 bits per heavy atom. The Morgan fingerprint density at radius 2 is 2.20 bits per heavy atom. The normalized spacial score (nSPS) is 12.9. The van der Waals surface area contributed by atoms with Crippen molar-refractivity contribution in [3.8, 4) is 0 Å². The minimum atomic E-state index is -0.0576. The third kappa shape index (κ3) is 1.68. The van der Waals surface area contributed by atoms with Crippen LogP contribution in [0.3, 0.4) is 0 Å². The van der Waals surface area contributed by atoms with Gasteiger partial charge in [-0.15, -0.1) is 0 Å². The zero-order chi connectivity index (χ0) is 14.3. The third-order valence-electron chi connectivity index (χ3n) is 3.84. The lowest BCUT2D eigenvalue weighted by molar-refractivity contribution is 0.702. The van der Waals surface area contributed by atoms with Gasteiger partial charge in [0.2, 0.25) is 5.78 Å². The summed E-state index contributed by atoms with van der Waals surface area (Å²) in [6.45, 7) is 7.98. The maximum atomic E-state index is 12.7. The smallest absolute Gasteiger partial charge is 0.267 e. The highest BCUT2D eigenvalue weighted by Crippen LogP contribution is 2.21. The number of para-hydroxylation sites is 2. The number of H-pyrrole nitrogens is 1. The van der Waals surface area contributed by atoms with Gasteiger partial charge in [-0.05, 0) is 24.5 Å². The maximum Gasteiger partial charge on any atom is 0.267 e. The molecule has 2 aromatic heterocycles. The van der Waals surface area contributed by atoms with E-state index in [4.69, 9.17) is 0 Å². The van der Waals surface area contributed by atoms with Crippen LogP contribution in [-0.2, 0) is 0 Å². The van der Waals surface area contributed by atoms with Crippen LogP contribution in [0.25, 0.3) is 22.9 Å². The van der Waals surface area contributed by atoms with E-state index in [0.717, 1.165) is 23.1 Å². The minimum Gasteiger partial charge on any atom is -0.328 e. The average molecular weight is 267 g/mol. The summed E-state index contributed by atoms with van der Waals surface area (Å²) in [7, 11) is 0. The largest absolute Gasteiger partial charge is 0.328 e. The number of aromatic nitrogens is 3. The highest BCUT2D eigenvalue weighted by molar-refractivity contribution is 5.79. The Labute approximate surface area is 116 Å². The Balaban J connectivity index is 2.49. The topological polar surface area (TPSA) is 50.2 Å². The molecule has 0 bridgehead atoms. The first-order valence-corrected chi connectivity index (χ1v) is 6.83. The van der Waals surface area contributed by atoms with Crippen molar-refractivity contribution in [2.24, 2.45) is 0 Å². The summed E-state index contributed by atoms with van der Waals surface area (Å²) in [6, 6.07) is 7.64. The summed E-state index contributed by atoms with van der Waals surface area (Å²) in [5.41, 5.74) is 3.13. The molecule has 0 saturated carbocycles. The molecule has 0 unspecified atom stereocenters. The number of benzene rings is 1. The van der Waals surface area contributed by atoms with E-state index in [-0.39, 0.29) is 11.5 Å². The van der Waals surface area contributed by atoms with Gasteiger partial charge in [-0.1, -0.05) is 38.6 Å². The SMILES string of the molecule is C=Cc1c([C@@H](C)CC)[nH]c2nc3ccccc3n2c1=O. The molecule has 2 heterocycles. The van der Waals surface area contributed by atoms with Crippen LogP contribution in [-0.4, -0.2) is 14.4 Å². The van der Waals surface area contributed by atoms with E-state index in [0.29, 0.717) is 11.3 Å². The first kappa shape index (κ1) is 12.7. The van der Waals surface area contributed by atoms with Gasteiger partial charge in [-0.3, -0.25) is 4.79 Å². The summed E-state index contributed by atoms with van der Waals surface area (Å²) >= 11 is 0. The molecule has 1 atom stereocenters. The predicted octanol–water partition coefficient (Wildman–Crippen LogP) is 3.33. The average Bonchev–Trinajstić information content (AvgIpc) is 2.84. The van der Waals surface area contributed by atoms with Gasteiger partial charge in [-0.2, -0.15) is 0 Å². The quantitative estimate of drug-likeness (QED) is 0.791. The molecule has 1 aromatic carbocycles. The number of nitrogens with one attached hydrogen (secondary N) is 1. The fourth-order valence-electron chi connectivity index (χ4n) is 2.53. The van der Waals surface area contributed by atoms with Crippen molar-refractivity contribution in [3.63, 3.8) is 0 Å². The number of nitrogens with zero attached hydrogens (tertiary/aromatic N) is 2. The Morgan fingerprint density at radius 1 is 1.45 bits per heavy atom.